The SMILES string of the molecule is CCCNC=O.Cc1ccc(C(=O)CBr)cc1.O=CN1Cc2ccccc2C#Cc2ccccc21. The van der Waals surface area contributed by atoms with Gasteiger partial charge in [0.25, 0.3) is 0 Å². The van der Waals surface area contributed by atoms with Crippen molar-refractivity contribution in [3.63, 3.8) is 0 Å². The molecule has 1 heterocycles. The fraction of sp³-hybridized carbons (Fsp3) is 0.207. The average molecular weight is 533 g/mol. The maximum absolute atomic E-state index is 11.3. The van der Waals surface area contributed by atoms with E-state index in [4.69, 9.17) is 0 Å². The Morgan fingerprint density at radius 2 is 1.60 bits per heavy atom. The number of benzene rings is 3. The molecule has 0 unspecified atom stereocenters. The van der Waals surface area contributed by atoms with Crippen molar-refractivity contribution in [1.29, 1.82) is 0 Å². The van der Waals surface area contributed by atoms with Gasteiger partial charge in [-0.25, -0.2) is 0 Å². The molecule has 1 N–H and O–H groups in total. The number of carbonyl (C=O) groups excluding carboxylic acids is 3. The summed E-state index contributed by atoms with van der Waals surface area (Å²) < 4.78 is 0. The minimum absolute atomic E-state index is 0.130. The Bertz CT molecular complexity index is 1180. The van der Waals surface area contributed by atoms with Crippen molar-refractivity contribution < 1.29 is 14.4 Å². The molecule has 0 saturated heterocycles. The van der Waals surface area contributed by atoms with Crippen LogP contribution in [0.2, 0.25) is 0 Å². The Morgan fingerprint density at radius 3 is 2.20 bits per heavy atom. The summed E-state index contributed by atoms with van der Waals surface area (Å²) in [5.41, 5.74) is 5.77. The van der Waals surface area contributed by atoms with Crippen molar-refractivity contribution in [2.45, 2.75) is 26.8 Å². The third kappa shape index (κ3) is 8.88. The summed E-state index contributed by atoms with van der Waals surface area (Å²) >= 11 is 3.12. The van der Waals surface area contributed by atoms with E-state index in [1.165, 1.54) is 5.56 Å². The molecule has 1 aliphatic rings. The lowest BCUT2D eigenvalue weighted by Crippen LogP contribution is -2.22. The second kappa shape index (κ2) is 15.3. The number of aryl methyl sites for hydroxylation is 1. The predicted molar refractivity (Wildman–Crippen MR) is 145 cm³/mol. The van der Waals surface area contributed by atoms with Gasteiger partial charge in [-0.05, 0) is 37.1 Å². The molecule has 3 aromatic rings. The van der Waals surface area contributed by atoms with Crippen LogP contribution < -0.4 is 10.2 Å². The molecule has 1 aliphatic heterocycles. The van der Waals surface area contributed by atoms with E-state index in [1.807, 2.05) is 86.6 Å². The minimum atomic E-state index is 0.130. The van der Waals surface area contributed by atoms with Crippen molar-refractivity contribution in [2.24, 2.45) is 0 Å². The summed E-state index contributed by atoms with van der Waals surface area (Å²) in [4.78, 5) is 33.5. The van der Waals surface area contributed by atoms with E-state index in [0.29, 0.717) is 18.3 Å². The van der Waals surface area contributed by atoms with E-state index in [1.54, 1.807) is 4.90 Å². The molecular formula is C29H29BrN2O3. The first-order valence-corrected chi connectivity index (χ1v) is 12.4. The van der Waals surface area contributed by atoms with E-state index in [0.717, 1.165) is 47.3 Å². The number of rotatable bonds is 6. The highest BCUT2D eigenvalue weighted by atomic mass is 79.9. The van der Waals surface area contributed by atoms with E-state index in [-0.39, 0.29) is 5.78 Å². The highest BCUT2D eigenvalue weighted by Crippen LogP contribution is 2.23. The lowest BCUT2D eigenvalue weighted by atomic mass is 10.0. The fourth-order valence-electron chi connectivity index (χ4n) is 3.13. The number of anilines is 1. The monoisotopic (exact) mass is 532 g/mol. The maximum atomic E-state index is 11.3. The smallest absolute Gasteiger partial charge is 0.214 e. The van der Waals surface area contributed by atoms with Crippen LogP contribution in [0.5, 0.6) is 0 Å². The van der Waals surface area contributed by atoms with Crippen LogP contribution in [0.4, 0.5) is 5.69 Å². The van der Waals surface area contributed by atoms with E-state index in [2.05, 4.69) is 33.1 Å². The first-order valence-electron chi connectivity index (χ1n) is 11.3. The summed E-state index contributed by atoms with van der Waals surface area (Å²) in [6.45, 7) is 5.37. The zero-order valence-electron chi connectivity index (χ0n) is 20.0. The molecule has 35 heavy (non-hydrogen) atoms. The maximum Gasteiger partial charge on any atom is 0.214 e. The number of amides is 2. The molecule has 0 fully saturated rings. The first-order chi connectivity index (χ1) is 17.0. The van der Waals surface area contributed by atoms with Gasteiger partial charge in [0.05, 0.1) is 17.6 Å². The minimum Gasteiger partial charge on any atom is -0.359 e. The number of alkyl halides is 1. The standard InChI is InChI=1S/C16H11NO.C9H9BrO.C4H9NO/c18-12-17-11-15-7-2-1-5-13(15)9-10-14-6-3-4-8-16(14)17;1-7-2-4-8(5-3-7)9(11)6-10;1-2-3-5-4-6/h1-8,12H,11H2;2-5H,6H2,1H3;4H,2-3H2,1H3,(H,5,6). The molecule has 0 atom stereocenters. The number of halogens is 1. The number of hydrogen-bond acceptors (Lipinski definition) is 3. The van der Waals surface area contributed by atoms with E-state index in [9.17, 15) is 14.4 Å². The summed E-state index contributed by atoms with van der Waals surface area (Å²) in [5.74, 6) is 6.44. The van der Waals surface area contributed by atoms with Gasteiger partial charge < -0.3 is 10.2 Å². The third-order valence-electron chi connectivity index (χ3n) is 5.00. The number of para-hydroxylation sites is 1. The van der Waals surface area contributed by atoms with Crippen LogP contribution in [-0.4, -0.2) is 30.5 Å². The molecule has 180 valence electrons. The largest absolute Gasteiger partial charge is 0.359 e. The molecular weight excluding hydrogens is 504 g/mol. The number of nitrogens with zero attached hydrogens (tertiary/aromatic N) is 1. The van der Waals surface area contributed by atoms with Crippen molar-refractivity contribution in [1.82, 2.24) is 5.32 Å². The highest BCUT2D eigenvalue weighted by Gasteiger charge is 2.13. The van der Waals surface area contributed by atoms with Crippen molar-refractivity contribution in [3.05, 3.63) is 101 Å². The van der Waals surface area contributed by atoms with Crippen molar-refractivity contribution in [3.8, 4) is 11.8 Å². The first kappa shape index (κ1) is 27.6. The topological polar surface area (TPSA) is 66.5 Å². The van der Waals surface area contributed by atoms with Gasteiger partial charge in [-0.1, -0.05) is 94.9 Å². The lowest BCUT2D eigenvalue weighted by molar-refractivity contribution is -0.109. The Kier molecular flexibility index (Phi) is 12.0. The number of hydrogen-bond donors (Lipinski definition) is 1. The normalized spacial score (nSPS) is 10.7. The van der Waals surface area contributed by atoms with Crippen LogP contribution in [0.25, 0.3) is 0 Å². The Hall–Kier alpha value is -3.69. The number of nitrogens with one attached hydrogen (secondary N) is 1. The molecule has 0 bridgehead atoms. The summed E-state index contributed by atoms with van der Waals surface area (Å²) in [6.07, 6.45) is 2.59. The van der Waals surface area contributed by atoms with Gasteiger partial charge in [0.15, 0.2) is 5.78 Å². The van der Waals surface area contributed by atoms with Gasteiger partial charge in [0, 0.05) is 23.2 Å². The van der Waals surface area contributed by atoms with Crippen molar-refractivity contribution >= 4 is 40.2 Å². The molecule has 2 amide bonds. The van der Waals surface area contributed by atoms with E-state index >= 15 is 0 Å². The predicted octanol–water partition coefficient (Wildman–Crippen LogP) is 5.28. The average Bonchev–Trinajstić information content (AvgIpc) is 2.89. The van der Waals surface area contributed by atoms with Crippen LogP contribution in [0.3, 0.4) is 0 Å². The molecule has 0 radical (unpaired) electrons. The third-order valence-corrected chi connectivity index (χ3v) is 5.51. The second-order valence-corrected chi connectivity index (χ2v) is 8.21. The van der Waals surface area contributed by atoms with Crippen molar-refractivity contribution in [2.75, 3.05) is 16.8 Å². The zero-order chi connectivity index (χ0) is 25.5. The number of ketones is 1. The van der Waals surface area contributed by atoms with Crippen LogP contribution in [0.1, 0.15) is 46.0 Å². The van der Waals surface area contributed by atoms with Gasteiger partial charge in [-0.15, -0.1) is 0 Å². The zero-order valence-corrected chi connectivity index (χ0v) is 21.5. The van der Waals surface area contributed by atoms with Gasteiger partial charge in [0.2, 0.25) is 12.8 Å². The lowest BCUT2D eigenvalue weighted by Gasteiger charge is -2.21. The molecule has 4 rings (SSSR count). The Labute approximate surface area is 215 Å². The van der Waals surface area contributed by atoms with Gasteiger partial charge in [-0.2, -0.15) is 0 Å². The quantitative estimate of drug-likeness (QED) is 0.154. The molecule has 5 nitrogen and oxygen atoms in total. The molecule has 0 aliphatic carbocycles. The molecule has 3 aromatic carbocycles. The summed E-state index contributed by atoms with van der Waals surface area (Å²) in [6, 6.07) is 23.2. The number of fused-ring (bicyclic) bond motifs is 2. The summed E-state index contributed by atoms with van der Waals surface area (Å²) in [7, 11) is 0. The van der Waals surface area contributed by atoms with Crippen LogP contribution >= 0.6 is 15.9 Å². The highest BCUT2D eigenvalue weighted by molar-refractivity contribution is 9.09. The number of Topliss-reactive ketones (excluding diaryl/α,β-unsaturated/α-hetero) is 1. The Morgan fingerprint density at radius 1 is 0.971 bits per heavy atom. The van der Waals surface area contributed by atoms with Gasteiger partial charge in [0.1, 0.15) is 0 Å². The Balaban J connectivity index is 0.000000217. The van der Waals surface area contributed by atoms with Crippen LogP contribution in [-0.2, 0) is 16.1 Å². The molecule has 6 heteroatoms. The van der Waals surface area contributed by atoms with Crippen LogP contribution in [0.15, 0.2) is 72.8 Å². The van der Waals surface area contributed by atoms with Gasteiger partial charge in [-0.3, -0.25) is 14.4 Å². The van der Waals surface area contributed by atoms with Crippen LogP contribution in [0, 0.1) is 18.8 Å². The molecule has 0 saturated carbocycles. The van der Waals surface area contributed by atoms with E-state index < -0.39 is 0 Å². The fourth-order valence-corrected chi connectivity index (χ4v) is 3.45. The molecule has 0 aromatic heterocycles. The van der Waals surface area contributed by atoms with Gasteiger partial charge >= 0.3 is 0 Å². The number of carbonyl (C=O) groups is 3. The second-order valence-electron chi connectivity index (χ2n) is 7.65. The summed E-state index contributed by atoms with van der Waals surface area (Å²) in [5, 5.41) is 2.92. The molecule has 0 spiro atoms.